The molecule has 1 N–H and O–H groups in total. The molecular weight excluding hydrogens is 244 g/mol. The summed E-state index contributed by atoms with van der Waals surface area (Å²) in [6.07, 6.45) is 1.69. The predicted molar refractivity (Wildman–Crippen MR) is 72.4 cm³/mol. The first-order valence-corrected chi connectivity index (χ1v) is 6.86. The molecule has 1 aromatic carbocycles. The summed E-state index contributed by atoms with van der Waals surface area (Å²) in [5.41, 5.74) is 0.799. The Balaban J connectivity index is 1.81. The molecule has 0 spiro atoms. The molecule has 2 atom stereocenters. The molecule has 2 unspecified atom stereocenters. The number of ether oxygens (including phenoxy) is 3. The average molecular weight is 266 g/mol. The van der Waals surface area contributed by atoms with Crippen LogP contribution < -0.4 is 9.47 Å². The summed E-state index contributed by atoms with van der Waals surface area (Å²) >= 11 is 0. The molecule has 0 saturated carbocycles. The summed E-state index contributed by atoms with van der Waals surface area (Å²) in [4.78, 5) is 0. The predicted octanol–water partition coefficient (Wildman–Crippen LogP) is 2.90. The molecule has 1 aromatic rings. The van der Waals surface area contributed by atoms with Crippen LogP contribution in [0.3, 0.4) is 0 Å². The third kappa shape index (κ3) is 3.85. The van der Waals surface area contributed by atoms with Crippen LogP contribution in [0.25, 0.3) is 0 Å². The van der Waals surface area contributed by atoms with Gasteiger partial charge < -0.3 is 19.3 Å². The van der Waals surface area contributed by atoms with Gasteiger partial charge in [0.05, 0.1) is 6.61 Å². The van der Waals surface area contributed by atoms with Gasteiger partial charge in [0, 0.05) is 6.61 Å². The minimum absolute atomic E-state index is 0.250. The van der Waals surface area contributed by atoms with Crippen molar-refractivity contribution in [3.05, 3.63) is 23.8 Å². The quantitative estimate of drug-likeness (QED) is 0.824. The molecule has 0 amide bonds. The molecule has 0 aromatic heterocycles. The zero-order valence-electron chi connectivity index (χ0n) is 11.6. The minimum atomic E-state index is -0.622. The van der Waals surface area contributed by atoms with Crippen LogP contribution in [0.15, 0.2) is 18.2 Å². The fraction of sp³-hybridized carbons (Fsp3) is 0.600. The van der Waals surface area contributed by atoms with E-state index in [1.165, 1.54) is 0 Å². The summed E-state index contributed by atoms with van der Waals surface area (Å²) in [5, 5.41) is 10.1. The summed E-state index contributed by atoms with van der Waals surface area (Å²) in [7, 11) is 0. The molecule has 1 aliphatic rings. The summed E-state index contributed by atoms with van der Waals surface area (Å²) in [6.45, 7) is 5.58. The number of hydrogen-bond donors (Lipinski definition) is 1. The van der Waals surface area contributed by atoms with Gasteiger partial charge in [-0.2, -0.15) is 0 Å². The maximum Gasteiger partial charge on any atom is 0.231 e. The van der Waals surface area contributed by atoms with Crippen LogP contribution >= 0.6 is 0 Å². The second-order valence-corrected chi connectivity index (χ2v) is 5.06. The molecule has 106 valence electrons. The Hall–Kier alpha value is -1.26. The van der Waals surface area contributed by atoms with E-state index in [1.54, 1.807) is 0 Å². The number of aliphatic hydroxyl groups excluding tert-OH is 1. The van der Waals surface area contributed by atoms with Crippen LogP contribution in [0.1, 0.15) is 38.4 Å². The van der Waals surface area contributed by atoms with Gasteiger partial charge in [-0.05, 0) is 30.0 Å². The number of rotatable bonds is 7. The van der Waals surface area contributed by atoms with Gasteiger partial charge in [0.2, 0.25) is 6.79 Å². The van der Waals surface area contributed by atoms with E-state index in [9.17, 15) is 5.11 Å². The van der Waals surface area contributed by atoms with Crippen molar-refractivity contribution in [2.24, 2.45) is 5.92 Å². The SMILES string of the molecule is CCCC(C)COCC(O)c1ccc2c(c1)OCO2. The van der Waals surface area contributed by atoms with Crippen LogP contribution in [-0.2, 0) is 4.74 Å². The van der Waals surface area contributed by atoms with Crippen LogP contribution in [0.5, 0.6) is 11.5 Å². The Morgan fingerprint density at radius 3 is 2.84 bits per heavy atom. The molecule has 4 heteroatoms. The number of hydrogen-bond acceptors (Lipinski definition) is 4. The monoisotopic (exact) mass is 266 g/mol. The van der Waals surface area contributed by atoms with Crippen molar-refractivity contribution in [3.8, 4) is 11.5 Å². The molecule has 0 fully saturated rings. The summed E-state index contributed by atoms with van der Waals surface area (Å²) in [5.74, 6) is 1.96. The van der Waals surface area contributed by atoms with E-state index < -0.39 is 6.10 Å². The van der Waals surface area contributed by atoms with Gasteiger partial charge in [-0.15, -0.1) is 0 Å². The van der Waals surface area contributed by atoms with Gasteiger partial charge in [-0.1, -0.05) is 26.3 Å². The Bertz CT molecular complexity index is 405. The topological polar surface area (TPSA) is 47.9 Å². The van der Waals surface area contributed by atoms with Gasteiger partial charge >= 0.3 is 0 Å². The second kappa shape index (κ2) is 6.78. The molecular formula is C15H22O4. The molecule has 19 heavy (non-hydrogen) atoms. The molecule has 2 rings (SSSR count). The average Bonchev–Trinajstić information content (AvgIpc) is 2.86. The van der Waals surface area contributed by atoms with Crippen LogP contribution in [0, 0.1) is 5.92 Å². The Morgan fingerprint density at radius 1 is 1.26 bits per heavy atom. The number of fused-ring (bicyclic) bond motifs is 1. The van der Waals surface area contributed by atoms with Gasteiger partial charge in [-0.3, -0.25) is 0 Å². The first-order valence-electron chi connectivity index (χ1n) is 6.86. The van der Waals surface area contributed by atoms with Crippen molar-refractivity contribution in [2.45, 2.75) is 32.8 Å². The van der Waals surface area contributed by atoms with Crippen molar-refractivity contribution in [1.82, 2.24) is 0 Å². The van der Waals surface area contributed by atoms with E-state index in [0.29, 0.717) is 24.9 Å². The number of aliphatic hydroxyl groups is 1. The van der Waals surface area contributed by atoms with E-state index in [4.69, 9.17) is 14.2 Å². The normalized spacial score (nSPS) is 16.4. The molecule has 0 radical (unpaired) electrons. The first kappa shape index (κ1) is 14.2. The lowest BCUT2D eigenvalue weighted by atomic mass is 10.1. The smallest absolute Gasteiger partial charge is 0.231 e. The van der Waals surface area contributed by atoms with E-state index >= 15 is 0 Å². The molecule has 0 bridgehead atoms. The third-order valence-electron chi connectivity index (χ3n) is 3.24. The zero-order valence-corrected chi connectivity index (χ0v) is 11.6. The highest BCUT2D eigenvalue weighted by Crippen LogP contribution is 2.34. The molecule has 0 aliphatic carbocycles. The van der Waals surface area contributed by atoms with E-state index in [-0.39, 0.29) is 6.79 Å². The van der Waals surface area contributed by atoms with Crippen molar-refractivity contribution in [3.63, 3.8) is 0 Å². The maximum absolute atomic E-state index is 10.1. The third-order valence-corrected chi connectivity index (χ3v) is 3.24. The molecule has 1 heterocycles. The largest absolute Gasteiger partial charge is 0.454 e. The highest BCUT2D eigenvalue weighted by atomic mass is 16.7. The second-order valence-electron chi connectivity index (χ2n) is 5.06. The summed E-state index contributed by atoms with van der Waals surface area (Å²) < 4.78 is 16.1. The highest BCUT2D eigenvalue weighted by molar-refractivity contribution is 5.45. The van der Waals surface area contributed by atoms with Gasteiger partial charge in [0.25, 0.3) is 0 Å². The first-order chi connectivity index (χ1) is 9.20. The van der Waals surface area contributed by atoms with Crippen molar-refractivity contribution in [1.29, 1.82) is 0 Å². The lowest BCUT2D eigenvalue weighted by molar-refractivity contribution is 0.0214. The highest BCUT2D eigenvalue weighted by Gasteiger charge is 2.16. The van der Waals surface area contributed by atoms with Crippen molar-refractivity contribution < 1.29 is 19.3 Å². The minimum Gasteiger partial charge on any atom is -0.454 e. The van der Waals surface area contributed by atoms with E-state index in [0.717, 1.165) is 24.2 Å². The maximum atomic E-state index is 10.1. The van der Waals surface area contributed by atoms with Crippen molar-refractivity contribution >= 4 is 0 Å². The Labute approximate surface area is 114 Å². The fourth-order valence-corrected chi connectivity index (χ4v) is 2.17. The fourth-order valence-electron chi connectivity index (χ4n) is 2.17. The van der Waals surface area contributed by atoms with Crippen LogP contribution in [-0.4, -0.2) is 25.1 Å². The van der Waals surface area contributed by atoms with Gasteiger partial charge in [-0.25, -0.2) is 0 Å². The molecule has 4 nitrogen and oxygen atoms in total. The van der Waals surface area contributed by atoms with E-state index in [2.05, 4.69) is 13.8 Å². The van der Waals surface area contributed by atoms with Crippen LogP contribution in [0.2, 0.25) is 0 Å². The standard InChI is InChI=1S/C15H22O4/c1-3-4-11(2)8-17-9-13(16)12-5-6-14-15(7-12)19-10-18-14/h5-7,11,13,16H,3-4,8-10H2,1-2H3. The Kier molecular flexibility index (Phi) is 5.05. The zero-order chi connectivity index (χ0) is 13.7. The molecule has 1 aliphatic heterocycles. The number of benzene rings is 1. The lowest BCUT2D eigenvalue weighted by Crippen LogP contribution is -2.12. The van der Waals surface area contributed by atoms with E-state index in [1.807, 2.05) is 18.2 Å². The lowest BCUT2D eigenvalue weighted by Gasteiger charge is -2.15. The van der Waals surface area contributed by atoms with Crippen molar-refractivity contribution in [2.75, 3.05) is 20.0 Å². The van der Waals surface area contributed by atoms with Crippen LogP contribution in [0.4, 0.5) is 0 Å². The molecule has 0 saturated heterocycles. The Morgan fingerprint density at radius 2 is 2.05 bits per heavy atom. The van der Waals surface area contributed by atoms with Gasteiger partial charge in [0.15, 0.2) is 11.5 Å². The van der Waals surface area contributed by atoms with Gasteiger partial charge in [0.1, 0.15) is 6.10 Å². The summed E-state index contributed by atoms with van der Waals surface area (Å²) in [6, 6.07) is 5.48.